The van der Waals surface area contributed by atoms with Gasteiger partial charge >= 0.3 is 12.1 Å². The number of methoxy groups -OCH3 is 1. The van der Waals surface area contributed by atoms with Crippen LogP contribution in [0.25, 0.3) is 10.9 Å². The van der Waals surface area contributed by atoms with Gasteiger partial charge < -0.3 is 9.72 Å². The van der Waals surface area contributed by atoms with E-state index in [9.17, 15) is 26.4 Å². The van der Waals surface area contributed by atoms with Crippen LogP contribution in [-0.4, -0.2) is 31.5 Å². The second-order valence-corrected chi connectivity index (χ2v) is 10.7. The molecule has 0 saturated carbocycles. The van der Waals surface area contributed by atoms with Gasteiger partial charge in [-0.1, -0.05) is 38.1 Å². The van der Waals surface area contributed by atoms with Gasteiger partial charge in [0.2, 0.25) is 0 Å². The maximum Gasteiger partial charge on any atom is 0.433 e. The number of hydrogen-bond donors (Lipinski definition) is 1. The Morgan fingerprint density at radius 2 is 1.58 bits per heavy atom. The highest BCUT2D eigenvalue weighted by atomic mass is 32.2. The van der Waals surface area contributed by atoms with Crippen LogP contribution < -0.4 is 0 Å². The van der Waals surface area contributed by atoms with Crippen molar-refractivity contribution in [2.24, 2.45) is 0 Å². The van der Waals surface area contributed by atoms with E-state index >= 15 is 0 Å². The largest absolute Gasteiger partial charge is 0.465 e. The number of alkyl halides is 3. The highest BCUT2D eigenvalue weighted by molar-refractivity contribution is 7.91. The monoisotopic (exact) mass is 516 g/mol. The predicted molar refractivity (Wildman–Crippen MR) is 128 cm³/mol. The smallest absolute Gasteiger partial charge is 0.433 e. The van der Waals surface area contributed by atoms with Gasteiger partial charge in [0.05, 0.1) is 29.3 Å². The molecule has 6 nitrogen and oxygen atoms in total. The number of nitrogens with one attached hydrogen (secondary N) is 1. The number of rotatable bonds is 6. The summed E-state index contributed by atoms with van der Waals surface area (Å²) >= 11 is 0. The molecule has 10 heteroatoms. The lowest BCUT2D eigenvalue weighted by molar-refractivity contribution is -0.141. The van der Waals surface area contributed by atoms with Crippen LogP contribution in [-0.2, 0) is 20.8 Å². The Morgan fingerprint density at radius 3 is 2.14 bits per heavy atom. The number of aromatic nitrogens is 2. The van der Waals surface area contributed by atoms with Crippen LogP contribution in [0.3, 0.4) is 0 Å². The number of sulfone groups is 1. The third kappa shape index (κ3) is 4.86. The second kappa shape index (κ2) is 9.42. The van der Waals surface area contributed by atoms with Crippen molar-refractivity contribution in [1.82, 2.24) is 9.97 Å². The lowest BCUT2D eigenvalue weighted by Crippen LogP contribution is -2.16. The van der Waals surface area contributed by atoms with Gasteiger partial charge in [-0.3, -0.25) is 0 Å². The highest BCUT2D eigenvalue weighted by Gasteiger charge is 2.35. The van der Waals surface area contributed by atoms with Gasteiger partial charge in [0, 0.05) is 11.1 Å². The lowest BCUT2D eigenvalue weighted by Gasteiger charge is -2.18. The molecule has 36 heavy (non-hydrogen) atoms. The molecule has 2 heterocycles. The SMILES string of the molecule is COC(=O)c1ccc(C(c2cc3cc(C(F)(F)F)ncc3[nH]2)S(=O)(=O)c2ccc(C(C)C)cc2)cc1. The van der Waals surface area contributed by atoms with Crippen molar-refractivity contribution >= 4 is 26.7 Å². The summed E-state index contributed by atoms with van der Waals surface area (Å²) in [6.07, 6.45) is -3.61. The van der Waals surface area contributed by atoms with Gasteiger partial charge in [-0.15, -0.1) is 0 Å². The fourth-order valence-corrected chi connectivity index (χ4v) is 5.73. The van der Waals surface area contributed by atoms with E-state index < -0.39 is 32.9 Å². The molecule has 1 atom stereocenters. The van der Waals surface area contributed by atoms with Crippen molar-refractivity contribution in [2.75, 3.05) is 7.11 Å². The summed E-state index contributed by atoms with van der Waals surface area (Å²) in [5.41, 5.74) is 0.876. The van der Waals surface area contributed by atoms with E-state index in [2.05, 4.69) is 9.97 Å². The van der Waals surface area contributed by atoms with Crippen LogP contribution in [0.15, 0.2) is 71.8 Å². The minimum absolute atomic E-state index is 0.0571. The van der Waals surface area contributed by atoms with E-state index in [1.807, 2.05) is 13.8 Å². The van der Waals surface area contributed by atoms with Gasteiger partial charge in [-0.05, 0) is 53.4 Å². The van der Waals surface area contributed by atoms with E-state index in [0.717, 1.165) is 17.8 Å². The Balaban J connectivity index is 1.87. The van der Waals surface area contributed by atoms with E-state index in [0.29, 0.717) is 5.56 Å². The molecular weight excluding hydrogens is 493 g/mol. The Bertz CT molecular complexity index is 1510. The fraction of sp³-hybridized carbons (Fsp3) is 0.231. The first-order valence-corrected chi connectivity index (χ1v) is 12.5. The van der Waals surface area contributed by atoms with E-state index in [1.165, 1.54) is 49.6 Å². The number of fused-ring (bicyclic) bond motifs is 1. The molecule has 0 aliphatic rings. The van der Waals surface area contributed by atoms with Gasteiger partial charge in [0.25, 0.3) is 0 Å². The lowest BCUT2D eigenvalue weighted by atomic mass is 10.0. The molecule has 2 aromatic carbocycles. The third-order valence-electron chi connectivity index (χ3n) is 5.92. The average molecular weight is 517 g/mol. The second-order valence-electron chi connectivity index (χ2n) is 8.64. The van der Waals surface area contributed by atoms with Crippen molar-refractivity contribution in [2.45, 2.75) is 36.1 Å². The minimum atomic E-state index is -4.64. The molecule has 4 aromatic rings. The van der Waals surface area contributed by atoms with Crippen molar-refractivity contribution in [3.05, 3.63) is 94.9 Å². The van der Waals surface area contributed by atoms with Crippen LogP contribution in [0.5, 0.6) is 0 Å². The van der Waals surface area contributed by atoms with Crippen LogP contribution in [0, 0.1) is 0 Å². The molecule has 0 radical (unpaired) electrons. The number of carbonyl (C=O) groups is 1. The van der Waals surface area contributed by atoms with Crippen LogP contribution in [0.2, 0.25) is 0 Å². The summed E-state index contributed by atoms with van der Waals surface area (Å²) in [6.45, 7) is 3.98. The van der Waals surface area contributed by atoms with Crippen molar-refractivity contribution in [3.63, 3.8) is 0 Å². The number of aromatic amines is 1. The number of halogens is 3. The molecule has 0 bridgehead atoms. The number of benzene rings is 2. The molecule has 1 N–H and O–H groups in total. The van der Waals surface area contributed by atoms with E-state index in [-0.39, 0.29) is 33.0 Å². The quantitative estimate of drug-likeness (QED) is 0.315. The zero-order chi connectivity index (χ0) is 26.3. The minimum Gasteiger partial charge on any atom is -0.465 e. The first kappa shape index (κ1) is 25.4. The third-order valence-corrected chi connectivity index (χ3v) is 7.99. The summed E-state index contributed by atoms with van der Waals surface area (Å²) in [5, 5.41) is -1.11. The maximum absolute atomic E-state index is 13.9. The fourth-order valence-electron chi connectivity index (χ4n) is 3.97. The number of hydrogen-bond acceptors (Lipinski definition) is 5. The molecule has 4 rings (SSSR count). The summed E-state index contributed by atoms with van der Waals surface area (Å²) in [4.78, 5) is 18.3. The molecule has 2 aromatic heterocycles. The van der Waals surface area contributed by atoms with Crippen molar-refractivity contribution in [1.29, 1.82) is 0 Å². The van der Waals surface area contributed by atoms with Crippen molar-refractivity contribution in [3.8, 4) is 0 Å². The van der Waals surface area contributed by atoms with Crippen LogP contribution >= 0.6 is 0 Å². The molecule has 0 spiro atoms. The van der Waals surface area contributed by atoms with E-state index in [1.54, 1.807) is 12.1 Å². The number of esters is 1. The molecule has 0 amide bonds. The highest BCUT2D eigenvalue weighted by Crippen LogP contribution is 2.37. The maximum atomic E-state index is 13.9. The van der Waals surface area contributed by atoms with Crippen LogP contribution in [0.4, 0.5) is 13.2 Å². The van der Waals surface area contributed by atoms with Crippen LogP contribution in [0.1, 0.15) is 57.9 Å². The summed E-state index contributed by atoms with van der Waals surface area (Å²) < 4.78 is 72.0. The zero-order valence-corrected chi connectivity index (χ0v) is 20.4. The molecular formula is C26H23F3N2O4S. The van der Waals surface area contributed by atoms with Gasteiger partial charge in [-0.25, -0.2) is 18.2 Å². The molecule has 0 aliphatic heterocycles. The normalized spacial score (nSPS) is 13.2. The molecule has 0 saturated heterocycles. The number of H-pyrrole nitrogens is 1. The number of ether oxygens (including phenoxy) is 1. The molecule has 1 unspecified atom stereocenters. The molecule has 188 valence electrons. The standard InChI is InChI=1S/C26H23F3N2O4S/c1-15(2)16-8-10-20(11-9-16)36(33,34)24(17-4-6-18(7-5-17)25(32)35-3)21-12-19-13-23(26(27,28)29)30-14-22(19)31-21/h4-15,24,31H,1-3H3. The van der Waals surface area contributed by atoms with E-state index in [4.69, 9.17) is 4.74 Å². The first-order chi connectivity index (χ1) is 16.9. The van der Waals surface area contributed by atoms with Gasteiger partial charge in [0.1, 0.15) is 10.9 Å². The number of pyridine rings is 1. The Morgan fingerprint density at radius 1 is 0.972 bits per heavy atom. The first-order valence-electron chi connectivity index (χ1n) is 11.0. The zero-order valence-electron chi connectivity index (χ0n) is 19.6. The topological polar surface area (TPSA) is 89.1 Å². The van der Waals surface area contributed by atoms with Crippen molar-refractivity contribution < 1.29 is 31.1 Å². The van der Waals surface area contributed by atoms with Gasteiger partial charge in [-0.2, -0.15) is 13.2 Å². The number of carbonyl (C=O) groups excluding carboxylic acids is 1. The number of nitrogens with zero attached hydrogens (tertiary/aromatic N) is 1. The molecule has 0 fully saturated rings. The summed E-state index contributed by atoms with van der Waals surface area (Å²) in [6, 6.07) is 14.6. The summed E-state index contributed by atoms with van der Waals surface area (Å²) in [5.74, 6) is -0.381. The predicted octanol–water partition coefficient (Wildman–Crippen LogP) is 6.06. The summed E-state index contributed by atoms with van der Waals surface area (Å²) in [7, 11) is -2.83. The Hall–Kier alpha value is -3.66. The van der Waals surface area contributed by atoms with Gasteiger partial charge in [0.15, 0.2) is 9.84 Å². The average Bonchev–Trinajstić information content (AvgIpc) is 3.26. The Labute approximate surface area is 206 Å². The molecule has 0 aliphatic carbocycles. The Kier molecular flexibility index (Phi) is 6.66.